The summed E-state index contributed by atoms with van der Waals surface area (Å²) < 4.78 is 2.91. The zero-order chi connectivity index (χ0) is 43.0. The van der Waals surface area contributed by atoms with Gasteiger partial charge in [0.05, 0.1) is 5.69 Å². The molecule has 4 heteroatoms. The van der Waals surface area contributed by atoms with Gasteiger partial charge in [0.15, 0.2) is 0 Å². The van der Waals surface area contributed by atoms with Crippen LogP contribution in [0.1, 0.15) is 161 Å². The van der Waals surface area contributed by atoms with Gasteiger partial charge in [-0.2, -0.15) is 0 Å². The van der Waals surface area contributed by atoms with E-state index in [4.69, 9.17) is 0 Å². The molecule has 0 unspecified atom stereocenters. The zero-order valence-electron chi connectivity index (χ0n) is 39.2. The third kappa shape index (κ3) is 5.52. The summed E-state index contributed by atoms with van der Waals surface area (Å²) >= 11 is 2.07. The van der Waals surface area contributed by atoms with Crippen LogP contribution in [0.2, 0.25) is 0 Å². The number of thiophene rings is 1. The minimum atomic E-state index is 0.0885. The van der Waals surface area contributed by atoms with Gasteiger partial charge < -0.3 is 9.80 Å². The Kier molecular flexibility index (Phi) is 8.08. The van der Waals surface area contributed by atoms with Crippen LogP contribution in [0.25, 0.3) is 10.1 Å². The third-order valence-electron chi connectivity index (χ3n) is 17.0. The van der Waals surface area contributed by atoms with Gasteiger partial charge >= 0.3 is 0 Å². The second kappa shape index (κ2) is 12.5. The third-order valence-corrected chi connectivity index (χ3v) is 18.2. The largest absolute Gasteiger partial charge is 0.311 e. The highest BCUT2D eigenvalue weighted by atomic mass is 32.1. The molecule has 0 bridgehead atoms. The molecule has 3 aliphatic carbocycles. The molecule has 5 aromatic carbocycles. The van der Waals surface area contributed by atoms with Crippen molar-refractivity contribution in [2.24, 2.45) is 0 Å². The molecular formula is C57H65BN2S. The van der Waals surface area contributed by atoms with E-state index in [9.17, 15) is 0 Å². The average Bonchev–Trinajstić information content (AvgIpc) is 3.58. The van der Waals surface area contributed by atoms with Gasteiger partial charge in [-0.3, -0.25) is 0 Å². The first kappa shape index (κ1) is 39.6. The summed E-state index contributed by atoms with van der Waals surface area (Å²) in [5, 5.41) is 1.41. The van der Waals surface area contributed by atoms with Crippen molar-refractivity contribution in [1.82, 2.24) is 0 Å². The minimum absolute atomic E-state index is 0.0885. The van der Waals surface area contributed by atoms with Gasteiger partial charge in [0.1, 0.15) is 0 Å². The first-order valence-electron chi connectivity index (χ1n) is 23.4. The summed E-state index contributed by atoms with van der Waals surface area (Å²) in [6.45, 7) is 32.2. The fourth-order valence-corrected chi connectivity index (χ4v) is 13.9. The fraction of sp³-hybridized carbons (Fsp3) is 0.439. The SMILES string of the molecule is Cc1ccccc1N1c2cccc3c2B(c2cc4c(cc2N3c2ccc3c(c2)C(C)(C)CCC3(C)C)C(C)(C)CCC4(C)C)c2sc3cc4c(cc3c21)C(C)(C)CCC4(C)C. The van der Waals surface area contributed by atoms with Crippen LogP contribution in [0.5, 0.6) is 0 Å². The molecule has 0 saturated heterocycles. The van der Waals surface area contributed by atoms with Gasteiger partial charge in [0.25, 0.3) is 6.71 Å². The van der Waals surface area contributed by atoms with Crippen LogP contribution in [-0.4, -0.2) is 6.71 Å². The standard InChI is InChI=1S/C57H65BN2S/c1-34-17-14-15-18-44(34)60-46-20-16-19-45-49(46)58(51-50(60)36-30-39-42(33-48(36)61-51)57(12,13)28-25-54(39,6)7)43-31-40-41(56(10,11)27-26-55(40,8)9)32-47(43)59(45)35-21-22-37-38(29-35)53(4,5)24-23-52(37,2)3/h14-22,29-33H,23-28H2,1-13H3. The summed E-state index contributed by atoms with van der Waals surface area (Å²) in [5.74, 6) is 0. The average molecular weight is 821 g/mol. The summed E-state index contributed by atoms with van der Waals surface area (Å²) in [4.78, 5) is 5.37. The van der Waals surface area contributed by atoms with Gasteiger partial charge in [0, 0.05) is 43.3 Å². The number of hydrogen-bond donors (Lipinski definition) is 0. The van der Waals surface area contributed by atoms with Crippen molar-refractivity contribution in [3.8, 4) is 0 Å². The van der Waals surface area contributed by atoms with Crippen molar-refractivity contribution in [2.75, 3.05) is 9.80 Å². The molecule has 0 spiro atoms. The Morgan fingerprint density at radius 3 is 1.56 bits per heavy atom. The van der Waals surface area contributed by atoms with Gasteiger partial charge in [-0.25, -0.2) is 0 Å². The molecule has 0 atom stereocenters. The molecule has 0 N–H and O–H groups in total. The highest BCUT2D eigenvalue weighted by molar-refractivity contribution is 7.33. The second-order valence-corrected chi connectivity index (χ2v) is 24.9. The topological polar surface area (TPSA) is 6.48 Å². The van der Waals surface area contributed by atoms with Crippen LogP contribution in [0.15, 0.2) is 84.9 Å². The fourth-order valence-electron chi connectivity index (χ4n) is 12.6. The molecule has 1 aromatic heterocycles. The monoisotopic (exact) mass is 820 g/mol. The van der Waals surface area contributed by atoms with E-state index in [1.165, 1.54) is 126 Å². The molecule has 0 amide bonds. The quantitative estimate of drug-likeness (QED) is 0.160. The maximum Gasteiger partial charge on any atom is 0.264 e. The molecule has 2 nitrogen and oxygen atoms in total. The molecule has 61 heavy (non-hydrogen) atoms. The number of hydrogen-bond acceptors (Lipinski definition) is 3. The number of nitrogens with zero attached hydrogens (tertiary/aromatic N) is 2. The first-order valence-corrected chi connectivity index (χ1v) is 24.2. The molecule has 2 aliphatic heterocycles. The van der Waals surface area contributed by atoms with E-state index < -0.39 is 0 Å². The Labute approximate surface area is 370 Å². The molecule has 11 rings (SSSR count). The normalized spacial score (nSPS) is 21.5. The summed E-state index contributed by atoms with van der Waals surface area (Å²) in [5.41, 5.74) is 22.0. The predicted molar refractivity (Wildman–Crippen MR) is 266 cm³/mol. The van der Waals surface area contributed by atoms with Gasteiger partial charge in [0.2, 0.25) is 0 Å². The Bertz CT molecular complexity index is 2860. The van der Waals surface area contributed by atoms with E-state index in [2.05, 4.69) is 196 Å². The molecular weight excluding hydrogens is 756 g/mol. The molecule has 0 radical (unpaired) electrons. The van der Waals surface area contributed by atoms with Crippen molar-refractivity contribution >= 4 is 78.0 Å². The van der Waals surface area contributed by atoms with Crippen LogP contribution in [0, 0.1) is 6.92 Å². The molecule has 3 heterocycles. The van der Waals surface area contributed by atoms with Gasteiger partial charge in [-0.1, -0.05) is 119 Å². The predicted octanol–water partition coefficient (Wildman–Crippen LogP) is 14.3. The lowest BCUT2D eigenvalue weighted by molar-refractivity contribution is 0.332. The van der Waals surface area contributed by atoms with E-state index in [0.717, 1.165) is 0 Å². The van der Waals surface area contributed by atoms with Crippen LogP contribution >= 0.6 is 11.3 Å². The van der Waals surface area contributed by atoms with Crippen molar-refractivity contribution in [3.63, 3.8) is 0 Å². The lowest BCUT2D eigenvalue weighted by atomic mass is 9.35. The number of anilines is 6. The summed E-state index contributed by atoms with van der Waals surface area (Å²) in [6.07, 6.45) is 7.23. The Balaban J connectivity index is 1.26. The second-order valence-electron chi connectivity index (χ2n) is 23.8. The smallest absolute Gasteiger partial charge is 0.264 e. The van der Waals surface area contributed by atoms with E-state index in [0.29, 0.717) is 0 Å². The van der Waals surface area contributed by atoms with Crippen molar-refractivity contribution < 1.29 is 0 Å². The number of fused-ring (bicyclic) bond motifs is 9. The number of para-hydroxylation sites is 1. The van der Waals surface area contributed by atoms with Gasteiger partial charge in [-0.15, -0.1) is 11.3 Å². The number of benzene rings is 5. The highest BCUT2D eigenvalue weighted by Gasteiger charge is 2.49. The maximum absolute atomic E-state index is 2.71. The van der Waals surface area contributed by atoms with E-state index in [1.807, 2.05) is 0 Å². The Hall–Kier alpha value is -4.28. The van der Waals surface area contributed by atoms with Gasteiger partial charge in [-0.05, 0) is 176 Å². The maximum atomic E-state index is 2.71. The first-order chi connectivity index (χ1) is 28.6. The minimum Gasteiger partial charge on any atom is -0.311 e. The summed E-state index contributed by atoms with van der Waals surface area (Å²) in [6, 6.07) is 34.5. The molecule has 312 valence electrons. The Morgan fingerprint density at radius 2 is 0.951 bits per heavy atom. The van der Waals surface area contributed by atoms with Crippen LogP contribution in [0.4, 0.5) is 34.1 Å². The van der Waals surface area contributed by atoms with E-state index in [-0.39, 0.29) is 39.2 Å². The molecule has 0 fully saturated rings. The van der Waals surface area contributed by atoms with E-state index >= 15 is 0 Å². The lowest BCUT2D eigenvalue weighted by Crippen LogP contribution is -2.61. The van der Waals surface area contributed by atoms with Crippen molar-refractivity contribution in [3.05, 3.63) is 124 Å². The molecule has 5 aliphatic rings. The highest BCUT2D eigenvalue weighted by Crippen LogP contribution is 2.55. The number of aryl methyl sites for hydroxylation is 1. The van der Waals surface area contributed by atoms with Crippen LogP contribution in [0.3, 0.4) is 0 Å². The molecule has 6 aromatic rings. The summed E-state index contributed by atoms with van der Waals surface area (Å²) in [7, 11) is 0. The van der Waals surface area contributed by atoms with Crippen LogP contribution < -0.4 is 25.5 Å². The van der Waals surface area contributed by atoms with Crippen molar-refractivity contribution in [2.45, 2.75) is 161 Å². The lowest BCUT2D eigenvalue weighted by Gasteiger charge is -2.47. The van der Waals surface area contributed by atoms with E-state index in [1.54, 1.807) is 11.1 Å². The van der Waals surface area contributed by atoms with Crippen molar-refractivity contribution in [1.29, 1.82) is 0 Å². The zero-order valence-corrected chi connectivity index (χ0v) is 40.0. The molecule has 0 saturated carbocycles. The van der Waals surface area contributed by atoms with Crippen LogP contribution in [-0.2, 0) is 32.5 Å². The number of rotatable bonds is 2. The Morgan fingerprint density at radius 1 is 0.459 bits per heavy atom.